The van der Waals surface area contributed by atoms with Gasteiger partial charge < -0.3 is 21.0 Å². The van der Waals surface area contributed by atoms with Crippen molar-refractivity contribution in [2.75, 3.05) is 18.3 Å². The number of amides is 2. The van der Waals surface area contributed by atoms with Crippen LogP contribution in [0.5, 0.6) is 0 Å². The largest absolute Gasteiger partial charge is 0.477 e. The average Bonchev–Trinajstić information content (AvgIpc) is 3.40. The number of aromatic nitrogens is 1. The molecule has 4 N–H and O–H groups in total. The molecule has 3 aromatic rings. The van der Waals surface area contributed by atoms with Crippen molar-refractivity contribution < 1.29 is 41.9 Å². The minimum atomic E-state index is -1.70. The quantitative estimate of drug-likeness (QED) is 0.0766. The van der Waals surface area contributed by atoms with E-state index >= 15 is 0 Å². The van der Waals surface area contributed by atoms with E-state index in [0.29, 0.717) is 17.4 Å². The van der Waals surface area contributed by atoms with Gasteiger partial charge >= 0.3 is 5.97 Å². The lowest BCUT2D eigenvalue weighted by atomic mass is 10.0. The van der Waals surface area contributed by atoms with E-state index < -0.39 is 64.7 Å². The number of rotatable bonds is 9. The van der Waals surface area contributed by atoms with Gasteiger partial charge in [0, 0.05) is 22.6 Å². The summed E-state index contributed by atoms with van der Waals surface area (Å²) in [6.07, 6.45) is 1.39. The summed E-state index contributed by atoms with van der Waals surface area (Å²) in [7, 11) is 0. The number of hydrogen-bond acceptors (Lipinski definition) is 12. The van der Waals surface area contributed by atoms with E-state index in [-0.39, 0.29) is 42.1 Å². The highest BCUT2D eigenvalue weighted by Crippen LogP contribution is 2.41. The number of thiazole rings is 1. The van der Waals surface area contributed by atoms with Gasteiger partial charge in [-0.25, -0.2) is 27.3 Å². The lowest BCUT2D eigenvalue weighted by Crippen LogP contribution is -2.71. The van der Waals surface area contributed by atoms with Crippen LogP contribution in [0.4, 0.5) is 22.7 Å². The van der Waals surface area contributed by atoms with Gasteiger partial charge in [-0.3, -0.25) is 19.3 Å². The maximum absolute atomic E-state index is 14.2. The molecule has 43 heavy (non-hydrogen) atoms. The third-order valence-electron chi connectivity index (χ3n) is 5.96. The highest BCUT2D eigenvalue weighted by molar-refractivity contribution is 8.04. The van der Waals surface area contributed by atoms with E-state index in [9.17, 15) is 41.8 Å². The van der Waals surface area contributed by atoms with Crippen molar-refractivity contribution >= 4 is 84.9 Å². The van der Waals surface area contributed by atoms with Gasteiger partial charge in [0.2, 0.25) is 0 Å². The molecule has 5 rings (SSSR count). The van der Waals surface area contributed by atoms with Gasteiger partial charge in [0.25, 0.3) is 18.7 Å². The molecule has 0 saturated carbocycles. The Hall–Kier alpha value is -3.94. The highest BCUT2D eigenvalue weighted by Gasteiger charge is 2.54. The Morgan fingerprint density at radius 3 is 2.72 bits per heavy atom. The lowest BCUT2D eigenvalue weighted by Gasteiger charge is -2.49. The first-order valence-electron chi connectivity index (χ1n) is 11.7. The van der Waals surface area contributed by atoms with Gasteiger partial charge in [-0.15, -0.1) is 34.4 Å². The third kappa shape index (κ3) is 5.84. The van der Waals surface area contributed by atoms with Crippen LogP contribution >= 0.6 is 46.2 Å². The van der Waals surface area contributed by atoms with Crippen LogP contribution in [0.15, 0.2) is 54.4 Å². The van der Waals surface area contributed by atoms with Crippen LogP contribution in [0.1, 0.15) is 5.69 Å². The number of hydrogen-bond donors (Lipinski definition) is 3. The summed E-state index contributed by atoms with van der Waals surface area (Å²) >= 11 is 3.75. The number of carbonyl (C=O) groups excluding carboxylic acids is 2. The Morgan fingerprint density at radius 1 is 1.28 bits per heavy atom. The number of fused-ring (bicyclic) bond motifs is 2. The molecule has 2 aromatic heterocycles. The fourth-order valence-corrected chi connectivity index (χ4v) is 7.92. The number of oxime groups is 1. The van der Waals surface area contributed by atoms with E-state index in [2.05, 4.69) is 20.3 Å². The molecule has 2 aliphatic heterocycles. The number of aliphatic carboxylic acids is 1. The molecule has 1 fully saturated rings. The molecule has 0 aliphatic carbocycles. The summed E-state index contributed by atoms with van der Waals surface area (Å²) in [4.78, 5) is 59.6. The summed E-state index contributed by atoms with van der Waals surface area (Å²) in [5.41, 5.74) is 4.29. The number of carboxylic acids is 1. The van der Waals surface area contributed by atoms with Crippen LogP contribution in [0.25, 0.3) is 10.1 Å². The van der Waals surface area contributed by atoms with Crippen molar-refractivity contribution in [2.24, 2.45) is 5.16 Å². The smallest absolute Gasteiger partial charge is 0.352 e. The predicted molar refractivity (Wildman–Crippen MR) is 153 cm³/mol. The van der Waals surface area contributed by atoms with Crippen molar-refractivity contribution in [1.82, 2.24) is 15.2 Å². The number of thioether (sulfide) groups is 2. The molecule has 224 valence electrons. The first-order valence-corrected chi connectivity index (χ1v) is 15.3. The second kappa shape index (κ2) is 12.3. The van der Waals surface area contributed by atoms with Crippen molar-refractivity contribution in [1.29, 1.82) is 0 Å². The second-order valence-corrected chi connectivity index (χ2v) is 12.8. The number of benzene rings is 1. The number of nitrogen functional groups attached to an aromatic ring is 1. The van der Waals surface area contributed by atoms with Gasteiger partial charge in [-0.05, 0) is 23.1 Å². The number of nitrogens with two attached hydrogens (primary N) is 1. The summed E-state index contributed by atoms with van der Waals surface area (Å²) in [6, 6.07) is 0.587. The summed E-state index contributed by atoms with van der Waals surface area (Å²) < 4.78 is 53.9. The topological polar surface area (TPSA) is 164 Å². The van der Waals surface area contributed by atoms with E-state index in [1.807, 2.05) is 0 Å². The molecule has 11 nitrogen and oxygen atoms in total. The fourth-order valence-electron chi connectivity index (χ4n) is 4.09. The van der Waals surface area contributed by atoms with E-state index in [0.717, 1.165) is 45.8 Å². The van der Waals surface area contributed by atoms with Crippen LogP contribution in [-0.4, -0.2) is 62.5 Å². The van der Waals surface area contributed by atoms with Gasteiger partial charge in [-0.2, -0.15) is 0 Å². The number of anilines is 1. The number of nitrogens with one attached hydrogen (secondary N) is 1. The number of halogens is 4. The van der Waals surface area contributed by atoms with Crippen LogP contribution in [0.3, 0.4) is 0 Å². The Bertz CT molecular complexity index is 1830. The normalized spacial score (nSPS) is 18.7. The molecule has 0 radical (unpaired) electrons. The predicted octanol–water partition coefficient (Wildman–Crippen LogP) is 3.41. The second-order valence-electron chi connectivity index (χ2n) is 8.50. The number of allylic oxidation sites excluding steroid dienone is 1. The number of carbonyl (C=O) groups is 3. The molecule has 1 saturated heterocycles. The van der Waals surface area contributed by atoms with E-state index in [4.69, 9.17) is 5.73 Å². The Kier molecular flexibility index (Phi) is 8.76. The fraction of sp³-hybridized carbons (Fsp3) is 0.167. The number of nitrogens with zero attached hydrogens (tertiary/aromatic N) is 3. The van der Waals surface area contributed by atoms with Crippen LogP contribution in [0, 0.1) is 17.5 Å². The molecule has 2 atom stereocenters. The van der Waals surface area contributed by atoms with Crippen LogP contribution in [0.2, 0.25) is 0 Å². The van der Waals surface area contributed by atoms with Crippen molar-refractivity contribution in [3.8, 4) is 0 Å². The SMILES string of the molecule is Nc1nc(/C(=N/OCF)C(=O)NC2C(=O)N3C(C(=O)O)=C(/C=C/Sc4cc(=O)c5cc(F)c(F)c(F)c5s4)CS[C@H]23)cs1. The monoisotopic (exact) mass is 673 g/mol. The molecule has 0 bridgehead atoms. The Balaban J connectivity index is 1.34. The molecular formula is C24H15F4N5O6S4. The molecule has 19 heteroatoms. The van der Waals surface area contributed by atoms with Gasteiger partial charge in [0.1, 0.15) is 22.8 Å². The molecule has 1 unspecified atom stereocenters. The van der Waals surface area contributed by atoms with Crippen molar-refractivity contribution in [2.45, 2.75) is 15.6 Å². The van der Waals surface area contributed by atoms with Gasteiger partial charge in [0.15, 0.2) is 33.7 Å². The first kappa shape index (κ1) is 30.5. The van der Waals surface area contributed by atoms with Crippen molar-refractivity contribution in [3.05, 3.63) is 73.6 Å². The first-order chi connectivity index (χ1) is 20.5. The van der Waals surface area contributed by atoms with Crippen molar-refractivity contribution in [3.63, 3.8) is 0 Å². The van der Waals surface area contributed by atoms with Gasteiger partial charge in [-0.1, -0.05) is 16.9 Å². The summed E-state index contributed by atoms with van der Waals surface area (Å²) in [6.45, 7) is -1.33. The molecular weight excluding hydrogens is 659 g/mol. The highest BCUT2D eigenvalue weighted by atomic mass is 32.2. The lowest BCUT2D eigenvalue weighted by molar-refractivity contribution is -0.150. The number of alkyl halides is 1. The zero-order chi connectivity index (χ0) is 31.0. The molecule has 2 amide bonds. The molecule has 1 aromatic carbocycles. The maximum atomic E-state index is 14.2. The zero-order valence-electron chi connectivity index (χ0n) is 21.0. The minimum Gasteiger partial charge on any atom is -0.477 e. The van der Waals surface area contributed by atoms with Gasteiger partial charge in [0.05, 0.1) is 8.91 Å². The standard InChI is InChI=1S/C24H15F4N5O6S4/c25-7-39-32-16(11-6-42-24(29)30-11)20(35)31-17-21(36)33-18(23(37)38)8(5-41-22(17)33)1-2-40-13-4-12(34)9-3-10(26)14(27)15(28)19(9)43-13/h1-4,6,17,22H,5,7H2,(H2,29,30)(H,31,35)(H,37,38)/b2-1+,32-16-/t17?,22-/m1/s1. The maximum Gasteiger partial charge on any atom is 0.352 e. The molecule has 0 spiro atoms. The van der Waals surface area contributed by atoms with Crippen LogP contribution in [-0.2, 0) is 19.2 Å². The zero-order valence-corrected chi connectivity index (χ0v) is 24.3. The average molecular weight is 674 g/mol. The Morgan fingerprint density at radius 2 is 2.05 bits per heavy atom. The van der Waals surface area contributed by atoms with E-state index in [1.54, 1.807) is 0 Å². The third-order valence-corrected chi connectivity index (χ3v) is 10.0. The minimum absolute atomic E-state index is 0.0131. The Labute approximate surface area is 254 Å². The number of carboxylic acid groups (broad SMARTS) is 1. The summed E-state index contributed by atoms with van der Waals surface area (Å²) in [5.74, 6) is -7.65. The molecule has 4 heterocycles. The van der Waals surface area contributed by atoms with Crippen LogP contribution < -0.4 is 16.5 Å². The summed E-state index contributed by atoms with van der Waals surface area (Å²) in [5, 5.41) is 17.5. The number of β-lactam (4-membered cyclic amide) rings is 1. The molecule has 2 aliphatic rings. The van der Waals surface area contributed by atoms with E-state index in [1.165, 1.54) is 16.9 Å².